The van der Waals surface area contributed by atoms with Crippen molar-refractivity contribution < 1.29 is 4.74 Å². The zero-order valence-electron chi connectivity index (χ0n) is 9.90. The van der Waals surface area contributed by atoms with E-state index in [9.17, 15) is 0 Å². The first kappa shape index (κ1) is 11.8. The van der Waals surface area contributed by atoms with Crippen LogP contribution in [0.15, 0.2) is 5.38 Å². The lowest BCUT2D eigenvalue weighted by atomic mass is 10.0. The number of aromatic nitrogens is 1. The molecule has 4 nitrogen and oxygen atoms in total. The SMILES string of the molecule is CC1(C)COCCN1CCc1csc(N)n1. The maximum absolute atomic E-state index is 5.61. The van der Waals surface area contributed by atoms with Crippen molar-refractivity contribution >= 4 is 16.5 Å². The van der Waals surface area contributed by atoms with Crippen LogP contribution in [-0.4, -0.2) is 41.7 Å². The van der Waals surface area contributed by atoms with Gasteiger partial charge in [-0.1, -0.05) is 0 Å². The molecule has 2 heterocycles. The number of rotatable bonds is 3. The number of nitrogen functional groups attached to an aromatic ring is 1. The Hall–Kier alpha value is -0.650. The highest BCUT2D eigenvalue weighted by atomic mass is 32.1. The van der Waals surface area contributed by atoms with Gasteiger partial charge >= 0.3 is 0 Å². The van der Waals surface area contributed by atoms with Gasteiger partial charge in [0.05, 0.1) is 18.9 Å². The number of hydrogen-bond acceptors (Lipinski definition) is 5. The molecule has 2 rings (SSSR count). The minimum atomic E-state index is 0.139. The van der Waals surface area contributed by atoms with Crippen LogP contribution in [0.25, 0.3) is 0 Å². The number of nitrogens with zero attached hydrogens (tertiary/aromatic N) is 2. The number of hydrogen-bond donors (Lipinski definition) is 1. The zero-order chi connectivity index (χ0) is 11.6. The molecule has 5 heteroatoms. The maximum atomic E-state index is 5.61. The molecule has 0 aliphatic carbocycles. The monoisotopic (exact) mass is 241 g/mol. The molecule has 1 fully saturated rings. The molecule has 0 spiro atoms. The van der Waals surface area contributed by atoms with E-state index < -0.39 is 0 Å². The summed E-state index contributed by atoms with van der Waals surface area (Å²) in [5, 5.41) is 2.71. The van der Waals surface area contributed by atoms with Crippen LogP contribution >= 0.6 is 11.3 Å². The van der Waals surface area contributed by atoms with E-state index in [-0.39, 0.29) is 5.54 Å². The summed E-state index contributed by atoms with van der Waals surface area (Å²) in [5.41, 5.74) is 6.85. The molecule has 90 valence electrons. The van der Waals surface area contributed by atoms with Crippen LogP contribution in [0, 0.1) is 0 Å². The van der Waals surface area contributed by atoms with Crippen LogP contribution < -0.4 is 5.73 Å². The van der Waals surface area contributed by atoms with E-state index >= 15 is 0 Å². The van der Waals surface area contributed by atoms with Gasteiger partial charge in [-0.2, -0.15) is 0 Å². The predicted molar refractivity (Wildman–Crippen MR) is 66.7 cm³/mol. The Morgan fingerprint density at radius 2 is 2.44 bits per heavy atom. The molecule has 2 N–H and O–H groups in total. The molecule has 1 saturated heterocycles. The molecule has 0 saturated carbocycles. The van der Waals surface area contributed by atoms with Gasteiger partial charge in [-0.25, -0.2) is 4.98 Å². The molecule has 1 aliphatic rings. The zero-order valence-corrected chi connectivity index (χ0v) is 10.7. The molecule has 1 aromatic rings. The first-order valence-corrected chi connectivity index (χ1v) is 6.48. The highest BCUT2D eigenvalue weighted by molar-refractivity contribution is 7.13. The molecule has 0 unspecified atom stereocenters. The number of anilines is 1. The van der Waals surface area contributed by atoms with Crippen molar-refractivity contribution in [2.75, 3.05) is 32.0 Å². The Labute approximate surface area is 100 Å². The van der Waals surface area contributed by atoms with E-state index in [0.717, 1.165) is 38.4 Å². The first-order valence-electron chi connectivity index (χ1n) is 5.60. The third kappa shape index (κ3) is 2.72. The molecule has 16 heavy (non-hydrogen) atoms. The fourth-order valence-corrected chi connectivity index (χ4v) is 2.59. The molecule has 0 atom stereocenters. The van der Waals surface area contributed by atoms with Crippen LogP contribution in [0.3, 0.4) is 0 Å². The highest BCUT2D eigenvalue weighted by Gasteiger charge is 2.29. The van der Waals surface area contributed by atoms with Crippen LogP contribution in [0.2, 0.25) is 0 Å². The lowest BCUT2D eigenvalue weighted by Gasteiger charge is -2.42. The van der Waals surface area contributed by atoms with Gasteiger partial charge in [0.15, 0.2) is 5.13 Å². The summed E-state index contributed by atoms with van der Waals surface area (Å²) in [7, 11) is 0. The Morgan fingerprint density at radius 3 is 3.06 bits per heavy atom. The summed E-state index contributed by atoms with van der Waals surface area (Å²) in [6.45, 7) is 8.13. The van der Waals surface area contributed by atoms with Gasteiger partial charge in [0.2, 0.25) is 0 Å². The van der Waals surface area contributed by atoms with Crippen LogP contribution in [0.5, 0.6) is 0 Å². The molecular weight excluding hydrogens is 222 g/mol. The smallest absolute Gasteiger partial charge is 0.180 e. The fraction of sp³-hybridized carbons (Fsp3) is 0.727. The van der Waals surface area contributed by atoms with E-state index in [2.05, 4.69) is 23.7 Å². The maximum Gasteiger partial charge on any atom is 0.180 e. The van der Waals surface area contributed by atoms with E-state index in [1.807, 2.05) is 5.38 Å². The summed E-state index contributed by atoms with van der Waals surface area (Å²) in [6, 6.07) is 0. The number of thiazole rings is 1. The second-order valence-electron chi connectivity index (χ2n) is 4.78. The van der Waals surface area contributed by atoms with Crippen LogP contribution in [0.1, 0.15) is 19.5 Å². The van der Waals surface area contributed by atoms with Gasteiger partial charge in [0.25, 0.3) is 0 Å². The van der Waals surface area contributed by atoms with E-state index in [1.54, 1.807) is 0 Å². The highest BCUT2D eigenvalue weighted by Crippen LogP contribution is 2.20. The third-order valence-electron chi connectivity index (χ3n) is 3.02. The van der Waals surface area contributed by atoms with Gasteiger partial charge in [-0.15, -0.1) is 11.3 Å². The molecule has 0 aromatic carbocycles. The summed E-state index contributed by atoms with van der Waals surface area (Å²) >= 11 is 1.51. The number of morpholine rings is 1. The summed E-state index contributed by atoms with van der Waals surface area (Å²) in [5.74, 6) is 0. The normalized spacial score (nSPS) is 21.1. The Kier molecular flexibility index (Phi) is 3.47. The van der Waals surface area contributed by atoms with E-state index in [0.29, 0.717) is 5.13 Å². The molecule has 0 bridgehead atoms. The average Bonchev–Trinajstić information content (AvgIpc) is 2.62. The Balaban J connectivity index is 1.89. The van der Waals surface area contributed by atoms with Gasteiger partial charge in [-0.05, 0) is 13.8 Å². The summed E-state index contributed by atoms with van der Waals surface area (Å²) < 4.78 is 5.50. The topological polar surface area (TPSA) is 51.4 Å². The van der Waals surface area contributed by atoms with Crippen molar-refractivity contribution in [2.24, 2.45) is 0 Å². The minimum Gasteiger partial charge on any atom is -0.378 e. The third-order valence-corrected chi connectivity index (χ3v) is 3.75. The molecular formula is C11H19N3OS. The lowest BCUT2D eigenvalue weighted by Crippen LogP contribution is -2.53. The van der Waals surface area contributed by atoms with Crippen molar-refractivity contribution in [2.45, 2.75) is 25.8 Å². The lowest BCUT2D eigenvalue weighted by molar-refractivity contribution is -0.0502. The fourth-order valence-electron chi connectivity index (χ4n) is 1.99. The van der Waals surface area contributed by atoms with E-state index in [1.165, 1.54) is 11.3 Å². The van der Waals surface area contributed by atoms with Crippen molar-refractivity contribution in [1.82, 2.24) is 9.88 Å². The van der Waals surface area contributed by atoms with Crippen LogP contribution in [0.4, 0.5) is 5.13 Å². The van der Waals surface area contributed by atoms with Crippen molar-refractivity contribution in [3.8, 4) is 0 Å². The number of nitrogens with two attached hydrogens (primary N) is 1. The molecule has 0 radical (unpaired) electrons. The van der Waals surface area contributed by atoms with Crippen LogP contribution in [-0.2, 0) is 11.2 Å². The summed E-state index contributed by atoms with van der Waals surface area (Å²) in [4.78, 5) is 6.75. The second-order valence-corrected chi connectivity index (χ2v) is 5.67. The Bertz CT molecular complexity index is 351. The van der Waals surface area contributed by atoms with Crippen molar-refractivity contribution in [3.63, 3.8) is 0 Å². The van der Waals surface area contributed by atoms with Crippen molar-refractivity contribution in [1.29, 1.82) is 0 Å². The second kappa shape index (κ2) is 4.69. The summed E-state index contributed by atoms with van der Waals surface area (Å²) in [6.07, 6.45) is 0.969. The average molecular weight is 241 g/mol. The minimum absolute atomic E-state index is 0.139. The molecule has 1 aromatic heterocycles. The largest absolute Gasteiger partial charge is 0.378 e. The predicted octanol–water partition coefficient (Wildman–Crippen LogP) is 1.38. The molecule has 0 amide bonds. The van der Waals surface area contributed by atoms with Crippen molar-refractivity contribution in [3.05, 3.63) is 11.1 Å². The van der Waals surface area contributed by atoms with Gasteiger partial charge in [0, 0.05) is 30.4 Å². The van der Waals surface area contributed by atoms with Gasteiger partial charge in [0.1, 0.15) is 0 Å². The van der Waals surface area contributed by atoms with Gasteiger partial charge < -0.3 is 10.5 Å². The standard InChI is InChI=1S/C11H19N3OS/c1-11(2)8-15-6-5-14(11)4-3-9-7-16-10(12)13-9/h7H,3-6,8H2,1-2H3,(H2,12,13). The molecule has 1 aliphatic heterocycles. The quantitative estimate of drug-likeness (QED) is 0.868. The first-order chi connectivity index (χ1) is 7.58. The number of ether oxygens (including phenoxy) is 1. The van der Waals surface area contributed by atoms with Gasteiger partial charge in [-0.3, -0.25) is 4.90 Å². The van der Waals surface area contributed by atoms with E-state index in [4.69, 9.17) is 10.5 Å². The Morgan fingerprint density at radius 1 is 1.62 bits per heavy atom.